The summed E-state index contributed by atoms with van der Waals surface area (Å²) in [6.45, 7) is 3.31. The molecule has 0 N–H and O–H groups in total. The summed E-state index contributed by atoms with van der Waals surface area (Å²) in [5.41, 5.74) is 0.973. The van der Waals surface area contributed by atoms with Crippen molar-refractivity contribution in [3.05, 3.63) is 46.7 Å². The molecule has 1 atom stereocenters. The molecule has 2 aromatic rings. The third kappa shape index (κ3) is 2.73. The van der Waals surface area contributed by atoms with Crippen LogP contribution < -0.4 is 0 Å². The van der Waals surface area contributed by atoms with Crippen molar-refractivity contribution in [3.63, 3.8) is 0 Å². The molecule has 2 heterocycles. The second kappa shape index (κ2) is 6.14. The maximum atomic E-state index is 12.9. The minimum Gasteiger partial charge on any atom is -0.268 e. The van der Waals surface area contributed by atoms with Crippen LogP contribution in [0.2, 0.25) is 0 Å². The van der Waals surface area contributed by atoms with Gasteiger partial charge in [0.05, 0.1) is 16.6 Å². The third-order valence-electron chi connectivity index (χ3n) is 4.01. The van der Waals surface area contributed by atoms with Crippen LogP contribution in [0.25, 0.3) is 0 Å². The Kier molecular flexibility index (Phi) is 4.38. The fourth-order valence-electron chi connectivity index (χ4n) is 2.96. The monoisotopic (exact) mass is 383 g/mol. The van der Waals surface area contributed by atoms with Crippen molar-refractivity contribution in [2.75, 3.05) is 6.54 Å². The first kappa shape index (κ1) is 15.7. The molecule has 5 nitrogen and oxygen atoms in total. The Morgan fingerprint density at radius 2 is 2.00 bits per heavy atom. The summed E-state index contributed by atoms with van der Waals surface area (Å²) in [5, 5.41) is 4.27. The first-order chi connectivity index (χ1) is 10.5. The topological polar surface area (TPSA) is 55.2 Å². The molecule has 0 bridgehead atoms. The van der Waals surface area contributed by atoms with Gasteiger partial charge in [0, 0.05) is 23.8 Å². The Morgan fingerprint density at radius 3 is 2.68 bits per heavy atom. The minimum atomic E-state index is -3.48. The average molecular weight is 384 g/mol. The van der Waals surface area contributed by atoms with E-state index in [4.69, 9.17) is 0 Å². The van der Waals surface area contributed by atoms with Gasteiger partial charge in [0.15, 0.2) is 0 Å². The number of halogens is 1. The fraction of sp³-hybridized carbons (Fsp3) is 0.400. The highest BCUT2D eigenvalue weighted by molar-refractivity contribution is 9.10. The van der Waals surface area contributed by atoms with E-state index in [9.17, 15) is 8.42 Å². The van der Waals surface area contributed by atoms with Crippen LogP contribution in [0.3, 0.4) is 0 Å². The van der Waals surface area contributed by atoms with Gasteiger partial charge in [-0.1, -0.05) is 15.9 Å². The van der Waals surface area contributed by atoms with Crippen LogP contribution in [-0.2, 0) is 16.6 Å². The molecule has 1 fully saturated rings. The summed E-state index contributed by atoms with van der Waals surface area (Å²) in [4.78, 5) is 0.338. The first-order valence-corrected chi connectivity index (χ1v) is 9.56. The van der Waals surface area contributed by atoms with E-state index in [2.05, 4.69) is 21.0 Å². The molecule has 0 aliphatic carbocycles. The first-order valence-electron chi connectivity index (χ1n) is 7.33. The predicted octanol–water partition coefficient (Wildman–Crippen LogP) is 3.19. The molecule has 1 saturated heterocycles. The number of rotatable bonds is 4. The Bertz CT molecular complexity index is 755. The maximum Gasteiger partial charge on any atom is 0.243 e. The zero-order valence-electron chi connectivity index (χ0n) is 12.3. The normalized spacial score (nSPS) is 19.6. The molecule has 7 heteroatoms. The van der Waals surface area contributed by atoms with Crippen molar-refractivity contribution in [1.82, 2.24) is 14.1 Å². The molecule has 0 saturated carbocycles. The summed E-state index contributed by atoms with van der Waals surface area (Å²) in [7, 11) is -3.48. The number of sulfonamides is 1. The van der Waals surface area contributed by atoms with E-state index in [1.165, 1.54) is 0 Å². The second-order valence-corrected chi connectivity index (χ2v) is 8.11. The van der Waals surface area contributed by atoms with Crippen LogP contribution in [0, 0.1) is 0 Å². The second-order valence-electron chi connectivity index (χ2n) is 5.30. The van der Waals surface area contributed by atoms with Gasteiger partial charge in [0.25, 0.3) is 0 Å². The van der Waals surface area contributed by atoms with Crippen LogP contribution in [0.4, 0.5) is 0 Å². The maximum absolute atomic E-state index is 12.9. The van der Waals surface area contributed by atoms with Gasteiger partial charge in [-0.2, -0.15) is 9.40 Å². The van der Waals surface area contributed by atoms with Gasteiger partial charge < -0.3 is 0 Å². The van der Waals surface area contributed by atoms with E-state index in [1.807, 2.05) is 17.7 Å². The van der Waals surface area contributed by atoms with Gasteiger partial charge in [-0.25, -0.2) is 8.42 Å². The van der Waals surface area contributed by atoms with Gasteiger partial charge in [-0.15, -0.1) is 0 Å². The van der Waals surface area contributed by atoms with Crippen molar-refractivity contribution >= 4 is 26.0 Å². The zero-order chi connectivity index (χ0) is 15.7. The quantitative estimate of drug-likeness (QED) is 0.814. The van der Waals surface area contributed by atoms with Crippen molar-refractivity contribution in [2.24, 2.45) is 0 Å². The van der Waals surface area contributed by atoms with E-state index in [0.29, 0.717) is 11.4 Å². The molecule has 22 heavy (non-hydrogen) atoms. The Hall–Kier alpha value is -1.18. The van der Waals surface area contributed by atoms with Gasteiger partial charge in [-0.3, -0.25) is 4.68 Å². The number of nitrogens with zero attached hydrogens (tertiary/aromatic N) is 3. The summed E-state index contributed by atoms with van der Waals surface area (Å²) < 4.78 is 30.2. The smallest absolute Gasteiger partial charge is 0.243 e. The van der Waals surface area contributed by atoms with E-state index >= 15 is 0 Å². The SMILES string of the molecule is CCn1nccc1[C@@H]1CCCN1S(=O)(=O)c1ccc(Br)cc1. The molecule has 1 aromatic heterocycles. The number of hydrogen-bond acceptors (Lipinski definition) is 3. The zero-order valence-corrected chi connectivity index (χ0v) is 14.7. The number of aromatic nitrogens is 2. The van der Waals surface area contributed by atoms with Crippen LogP contribution in [0.15, 0.2) is 45.9 Å². The Balaban J connectivity index is 1.97. The highest BCUT2D eigenvalue weighted by Crippen LogP contribution is 2.36. The van der Waals surface area contributed by atoms with Crippen molar-refractivity contribution in [1.29, 1.82) is 0 Å². The van der Waals surface area contributed by atoms with Crippen LogP contribution >= 0.6 is 15.9 Å². The van der Waals surface area contributed by atoms with Crippen LogP contribution in [0.5, 0.6) is 0 Å². The molecular weight excluding hydrogens is 366 g/mol. The highest BCUT2D eigenvalue weighted by Gasteiger charge is 2.37. The third-order valence-corrected chi connectivity index (χ3v) is 6.47. The Labute approximate surface area is 139 Å². The highest BCUT2D eigenvalue weighted by atomic mass is 79.9. The molecule has 3 rings (SSSR count). The van der Waals surface area contributed by atoms with Gasteiger partial charge >= 0.3 is 0 Å². The lowest BCUT2D eigenvalue weighted by Crippen LogP contribution is -2.31. The molecule has 0 amide bonds. The van der Waals surface area contributed by atoms with E-state index in [0.717, 1.165) is 29.6 Å². The largest absolute Gasteiger partial charge is 0.268 e. The van der Waals surface area contributed by atoms with E-state index in [1.54, 1.807) is 34.8 Å². The summed E-state index contributed by atoms with van der Waals surface area (Å²) in [6.07, 6.45) is 3.44. The van der Waals surface area contributed by atoms with Gasteiger partial charge in [0.1, 0.15) is 0 Å². The molecule has 0 radical (unpaired) electrons. The molecular formula is C15H18BrN3O2S. The van der Waals surface area contributed by atoms with Crippen molar-refractivity contribution < 1.29 is 8.42 Å². The lowest BCUT2D eigenvalue weighted by molar-refractivity contribution is 0.376. The molecule has 118 valence electrons. The minimum absolute atomic E-state index is 0.129. The van der Waals surface area contributed by atoms with Crippen molar-refractivity contribution in [2.45, 2.75) is 37.2 Å². The molecule has 0 spiro atoms. The number of benzene rings is 1. The number of hydrogen-bond donors (Lipinski definition) is 0. The Morgan fingerprint density at radius 1 is 1.27 bits per heavy atom. The average Bonchev–Trinajstić information content (AvgIpc) is 3.16. The fourth-order valence-corrected chi connectivity index (χ4v) is 4.89. The standard InChI is InChI=1S/C15H18BrN3O2S/c1-2-18-14(9-10-17-18)15-4-3-11-19(15)22(20,21)13-7-5-12(16)6-8-13/h5-10,15H,2-4,11H2,1H3/t15-/m0/s1. The summed E-state index contributed by atoms with van der Waals surface area (Å²) in [6, 6.07) is 8.60. The van der Waals surface area contributed by atoms with Crippen LogP contribution in [-0.4, -0.2) is 29.0 Å². The predicted molar refractivity (Wildman–Crippen MR) is 87.9 cm³/mol. The van der Waals surface area contributed by atoms with Crippen molar-refractivity contribution in [3.8, 4) is 0 Å². The lowest BCUT2D eigenvalue weighted by atomic mass is 10.1. The van der Waals surface area contributed by atoms with Gasteiger partial charge in [-0.05, 0) is 50.1 Å². The van der Waals surface area contributed by atoms with Crippen LogP contribution in [0.1, 0.15) is 31.5 Å². The van der Waals surface area contributed by atoms with Gasteiger partial charge in [0.2, 0.25) is 10.0 Å². The molecule has 0 unspecified atom stereocenters. The molecule has 1 aliphatic heterocycles. The summed E-state index contributed by atoms with van der Waals surface area (Å²) in [5.74, 6) is 0. The number of aryl methyl sites for hydroxylation is 1. The lowest BCUT2D eigenvalue weighted by Gasteiger charge is -2.24. The molecule has 1 aromatic carbocycles. The van der Waals surface area contributed by atoms with E-state index in [-0.39, 0.29) is 6.04 Å². The molecule has 1 aliphatic rings. The van der Waals surface area contributed by atoms with E-state index < -0.39 is 10.0 Å². The summed E-state index contributed by atoms with van der Waals surface area (Å²) >= 11 is 3.34.